The van der Waals surface area contributed by atoms with E-state index in [0.29, 0.717) is 134 Å². The van der Waals surface area contributed by atoms with Gasteiger partial charge in [-0.05, 0) is 62.8 Å². The molecule has 5 rings (SSSR count). The van der Waals surface area contributed by atoms with E-state index in [2.05, 4.69) is 84.1 Å². The summed E-state index contributed by atoms with van der Waals surface area (Å²) in [4.78, 5) is 206. The normalized spacial score (nSPS) is 15.5. The van der Waals surface area contributed by atoms with Gasteiger partial charge in [0.1, 0.15) is 36.0 Å². The molecule has 0 radical (unpaired) electrons. The first-order valence-corrected chi connectivity index (χ1v) is 45.2. The minimum atomic E-state index is -1.40. The highest BCUT2D eigenvalue weighted by molar-refractivity contribution is 5.99. The highest BCUT2D eigenvalue weighted by Crippen LogP contribution is 2.26. The van der Waals surface area contributed by atoms with Crippen LogP contribution in [0.1, 0.15) is 83.9 Å². The SMILES string of the molecule is CC(=O)NCCOCCOCCNC(=O)CN1CCN(CC(=O)NCCOCCOCCNC(C)=O)CCN(CC(=O)NCCOCCOCCN2C(=O)[C@@H](NC(=O)[C@H](CCCN=C(N)N)NC(=O)CNC(=O)[C@H](CCCN=C(N)N)NC(=O)[C@H](Cc3ccc(O)cc3)NC(=O)[C@@H](NC(C)=O)c3c[nH]c4ccccc34)CC2C)CCN(CC(=O)NCCOCCOCCNC(C)=O)CC1. The first kappa shape index (κ1) is 113. The fraction of sp³-hybridized carbons (Fsp3) is 0.651. The van der Waals surface area contributed by atoms with Crippen LogP contribution in [0.5, 0.6) is 5.75 Å². The zero-order chi connectivity index (χ0) is 97.6. The number of aromatic nitrogens is 1. The number of nitrogens with zero attached hydrogens (tertiary/aromatic N) is 7. The number of phenols is 1. The zero-order valence-corrected chi connectivity index (χ0v) is 77.8. The second-order valence-electron chi connectivity index (χ2n) is 31.7. The third kappa shape index (κ3) is 50.5. The fourth-order valence-electron chi connectivity index (χ4n) is 13.9. The number of aliphatic imine (C=N–C) groups is 2. The van der Waals surface area contributed by atoms with Crippen LogP contribution in [-0.4, -0.2) is 416 Å². The molecule has 1 aromatic heterocycles. The number of carbonyl (C=O) groups is 14. The van der Waals surface area contributed by atoms with Crippen molar-refractivity contribution in [1.29, 1.82) is 0 Å². The summed E-state index contributed by atoms with van der Waals surface area (Å²) in [7, 11) is 0. The lowest BCUT2D eigenvalue weighted by molar-refractivity contribution is -0.135. The van der Waals surface area contributed by atoms with Crippen molar-refractivity contribution in [2.45, 2.75) is 109 Å². The van der Waals surface area contributed by atoms with Crippen molar-refractivity contribution in [1.82, 2.24) is 98.6 Å². The molecule has 14 amide bonds. The molecule has 48 heteroatoms. The number of para-hydroxylation sites is 1. The molecule has 2 aliphatic rings. The summed E-state index contributed by atoms with van der Waals surface area (Å²) in [5, 5.41) is 46.3. The van der Waals surface area contributed by atoms with E-state index in [1.54, 1.807) is 47.5 Å². The molecule has 134 heavy (non-hydrogen) atoms. The minimum absolute atomic E-state index is 0.00651. The Labute approximate surface area is 781 Å². The van der Waals surface area contributed by atoms with Crippen LogP contribution in [-0.2, 0) is 111 Å². The number of fused-ring (bicyclic) bond motifs is 1. The van der Waals surface area contributed by atoms with Gasteiger partial charge in [-0.1, -0.05) is 30.3 Å². The Bertz CT molecular complexity index is 4080. The number of nitrogens with one attached hydrogen (secondary N) is 14. The van der Waals surface area contributed by atoms with Crippen molar-refractivity contribution < 1.29 is 110 Å². The molecule has 3 aromatic rings. The number of rotatable bonds is 66. The number of hydrogen-bond donors (Lipinski definition) is 19. The van der Waals surface area contributed by atoms with Crippen molar-refractivity contribution in [3.05, 3.63) is 65.9 Å². The molecular formula is C86H143N25O23. The Hall–Kier alpha value is -11.6. The first-order chi connectivity index (χ1) is 64.4. The summed E-state index contributed by atoms with van der Waals surface area (Å²) in [6.45, 7) is 15.1. The van der Waals surface area contributed by atoms with Gasteiger partial charge < -0.3 is 145 Å². The molecule has 1 unspecified atom stereocenters. The molecule has 2 aliphatic heterocycles. The number of aromatic amines is 1. The Morgan fingerprint density at radius 2 is 0.813 bits per heavy atom. The maximum Gasteiger partial charge on any atom is 0.247 e. The van der Waals surface area contributed by atoms with Gasteiger partial charge in [-0.25, -0.2) is 0 Å². The standard InChI is InChI=1S/C86H143N25O23/c1-60-52-73(106-81(123)71(13-9-19-99-86(89)90)103-74(117)55-101-80(122)70(12-8-18-98-85(87)88)104-82(124)72(53-65-14-16-66(116)17-15-65)105-83(125)79(102-64(5)115)68-54-100-69-11-7-6-10-67(68)69)84(126)111(60)35-43-134-51-50-133-42-26-97-78(121)59-110-33-31-108(57-76(119)95-24-40-131-48-45-128-37-21-92-62(3)113)29-27-107(56-75(118)94-23-39-130-47-44-127-36-20-91-61(2)112)28-30-109(32-34-110)58-77(120)96-25-41-132-49-46-129-38-22-93-63(4)114/h6-7,10-11,14-17,54,60,70-73,79,100,116H,8-9,12-13,18-53,55-59H2,1-5H3,(H,91,112)(H,92,113)(H,93,114)(H,94,118)(H,95,119)(H,96,120)(H,97,121)(H,101,122)(H,102,115)(H,103,117)(H,104,124)(H,105,125)(H,106,123)(H4,87,88,98)(H4,89,90,99)/t60?,70-,71-,72-,73-,79-/m0/s1. The van der Waals surface area contributed by atoms with Crippen LogP contribution in [0.25, 0.3) is 10.9 Å². The molecule has 6 atom stereocenters. The average molecular weight is 1900 g/mol. The number of H-pyrrole nitrogens is 1. The van der Waals surface area contributed by atoms with Crippen LogP contribution in [0.2, 0.25) is 0 Å². The predicted molar refractivity (Wildman–Crippen MR) is 493 cm³/mol. The molecule has 0 aliphatic carbocycles. The maximum atomic E-state index is 14.5. The number of likely N-dealkylation sites (tertiary alicyclic amines) is 1. The van der Waals surface area contributed by atoms with Crippen molar-refractivity contribution >= 4 is 106 Å². The van der Waals surface area contributed by atoms with E-state index < -0.39 is 78.1 Å². The van der Waals surface area contributed by atoms with Gasteiger partial charge in [-0.3, -0.25) is 96.7 Å². The number of aromatic hydroxyl groups is 1. The second kappa shape index (κ2) is 66.7. The highest BCUT2D eigenvalue weighted by Gasteiger charge is 2.40. The van der Waals surface area contributed by atoms with Crippen molar-refractivity contribution in [2.75, 3.05) is 256 Å². The minimum Gasteiger partial charge on any atom is -0.508 e. The summed E-state index contributed by atoms with van der Waals surface area (Å²) in [6.07, 6.45) is 1.86. The van der Waals surface area contributed by atoms with Crippen molar-refractivity contribution in [2.24, 2.45) is 32.9 Å². The molecule has 0 spiro atoms. The van der Waals surface area contributed by atoms with Gasteiger partial charge in [-0.15, -0.1) is 0 Å². The van der Waals surface area contributed by atoms with Gasteiger partial charge in [-0.2, -0.15) is 0 Å². The number of guanidine groups is 2. The molecule has 2 aromatic carbocycles. The fourth-order valence-corrected chi connectivity index (χ4v) is 13.9. The lowest BCUT2D eigenvalue weighted by Crippen LogP contribution is -2.57. The summed E-state index contributed by atoms with van der Waals surface area (Å²) in [5.74, 6) is -7.05. The molecule has 3 heterocycles. The Balaban J connectivity index is 1.15. The number of ether oxygens (including phenoxy) is 8. The number of hydrogen-bond acceptors (Lipinski definition) is 29. The Morgan fingerprint density at radius 3 is 1.21 bits per heavy atom. The monoisotopic (exact) mass is 1890 g/mol. The molecular weight excluding hydrogens is 1750 g/mol. The molecule has 2 fully saturated rings. The summed E-state index contributed by atoms with van der Waals surface area (Å²) >= 11 is 0. The number of phenolic OH excluding ortho intramolecular Hbond substituents is 1. The zero-order valence-electron chi connectivity index (χ0n) is 77.8. The number of nitrogens with two attached hydrogens (primary N) is 4. The van der Waals surface area contributed by atoms with Gasteiger partial charge in [0.25, 0.3) is 0 Å². The molecule has 0 bridgehead atoms. The largest absolute Gasteiger partial charge is 0.508 e. The number of benzene rings is 2. The lowest BCUT2D eigenvalue weighted by atomic mass is 10.0. The van der Waals surface area contributed by atoms with Crippen LogP contribution in [0, 0.1) is 0 Å². The highest BCUT2D eigenvalue weighted by atomic mass is 16.5. The summed E-state index contributed by atoms with van der Waals surface area (Å²) in [5.41, 5.74) is 23.9. The molecule has 750 valence electrons. The van der Waals surface area contributed by atoms with Crippen LogP contribution < -0.4 is 92.1 Å². The van der Waals surface area contributed by atoms with Gasteiger partial charge in [0.2, 0.25) is 82.7 Å². The van der Waals surface area contributed by atoms with Crippen LogP contribution >= 0.6 is 0 Å². The van der Waals surface area contributed by atoms with E-state index in [-0.39, 0.29) is 242 Å². The van der Waals surface area contributed by atoms with Crippen LogP contribution in [0.3, 0.4) is 0 Å². The third-order valence-electron chi connectivity index (χ3n) is 20.7. The first-order valence-electron chi connectivity index (χ1n) is 45.2. The maximum absolute atomic E-state index is 14.5. The van der Waals surface area contributed by atoms with E-state index in [1.165, 1.54) is 39.8 Å². The Kier molecular flexibility index (Phi) is 56.2. The van der Waals surface area contributed by atoms with E-state index in [9.17, 15) is 72.2 Å². The van der Waals surface area contributed by atoms with E-state index in [4.69, 9.17) is 60.8 Å². The van der Waals surface area contributed by atoms with Gasteiger partial charge in [0, 0.05) is 181 Å². The number of amides is 14. The van der Waals surface area contributed by atoms with Crippen molar-refractivity contribution in [3.63, 3.8) is 0 Å². The Morgan fingerprint density at radius 1 is 0.433 bits per heavy atom. The summed E-state index contributed by atoms with van der Waals surface area (Å²) < 4.78 is 45.1. The second-order valence-corrected chi connectivity index (χ2v) is 31.7. The predicted octanol–water partition coefficient (Wildman–Crippen LogP) is -7.70. The van der Waals surface area contributed by atoms with Crippen LogP contribution in [0.15, 0.2) is 64.7 Å². The van der Waals surface area contributed by atoms with E-state index >= 15 is 0 Å². The molecule has 0 saturated carbocycles. The summed E-state index contributed by atoms with van der Waals surface area (Å²) in [6, 6.07) is 6.28. The lowest BCUT2D eigenvalue weighted by Gasteiger charge is -2.33. The quantitative estimate of drug-likeness (QED) is 0.0142. The van der Waals surface area contributed by atoms with Gasteiger partial charge in [0.15, 0.2) is 11.9 Å². The molecule has 23 N–H and O–H groups in total. The van der Waals surface area contributed by atoms with Crippen LogP contribution in [0.4, 0.5) is 0 Å². The number of carbonyl (C=O) groups excluding carboxylic acids is 14. The average Bonchev–Trinajstić information content (AvgIpc) is 1.64. The van der Waals surface area contributed by atoms with Crippen molar-refractivity contribution in [3.8, 4) is 5.75 Å². The molecule has 48 nitrogen and oxygen atoms in total. The van der Waals surface area contributed by atoms with E-state index in [1.807, 2.05) is 26.5 Å². The molecule has 2 saturated heterocycles. The third-order valence-corrected chi connectivity index (χ3v) is 20.7. The smallest absolute Gasteiger partial charge is 0.247 e. The van der Waals surface area contributed by atoms with Gasteiger partial charge >= 0.3 is 0 Å². The topological polar surface area (TPSA) is 650 Å². The van der Waals surface area contributed by atoms with Gasteiger partial charge in [0.05, 0.1) is 138 Å². The van der Waals surface area contributed by atoms with E-state index in [0.717, 1.165) is 0 Å².